The summed E-state index contributed by atoms with van der Waals surface area (Å²) in [5.41, 5.74) is -7.29. The molecule has 0 amide bonds. The van der Waals surface area contributed by atoms with Crippen LogP contribution >= 0.6 is 0 Å². The van der Waals surface area contributed by atoms with Crippen LogP contribution in [0.2, 0.25) is 0 Å². The Bertz CT molecular complexity index is 2140. The molecule has 19 nitrogen and oxygen atoms in total. The van der Waals surface area contributed by atoms with E-state index in [0.29, 0.717) is 32.1 Å². The maximum Gasteiger partial charge on any atom is 0.198 e. The van der Waals surface area contributed by atoms with Gasteiger partial charge in [0.2, 0.25) is 0 Å². The molecule has 6 fully saturated rings. The van der Waals surface area contributed by atoms with Gasteiger partial charge in [-0.15, -0.1) is 0 Å². The van der Waals surface area contributed by atoms with Crippen LogP contribution in [0.15, 0.2) is 41.5 Å². The lowest BCUT2D eigenvalue weighted by molar-refractivity contribution is -0.333. The lowest BCUT2D eigenvalue weighted by atomic mass is 9.57. The van der Waals surface area contributed by atoms with Crippen LogP contribution in [-0.2, 0) is 52.2 Å². The van der Waals surface area contributed by atoms with Gasteiger partial charge < -0.3 is 78.0 Å². The van der Waals surface area contributed by atoms with Crippen LogP contribution in [0.1, 0.15) is 126 Å². The Morgan fingerprint density at radius 3 is 1.71 bits per heavy atom. The number of fused-ring (bicyclic) bond motifs is 3. The average molecular weight is 959 g/mol. The van der Waals surface area contributed by atoms with Gasteiger partial charge in [0, 0.05) is 56.1 Å². The Morgan fingerprint density at radius 2 is 1.13 bits per heavy atom. The lowest BCUT2D eigenvalue weighted by Crippen LogP contribution is -2.71. The summed E-state index contributed by atoms with van der Waals surface area (Å²) in [5, 5.41) is 66.1. The molecule has 5 heterocycles. The van der Waals surface area contributed by atoms with Gasteiger partial charge in [-0.05, 0) is 72.9 Å². The predicted molar refractivity (Wildman–Crippen MR) is 233 cm³/mol. The zero-order valence-electron chi connectivity index (χ0n) is 39.3. The van der Waals surface area contributed by atoms with E-state index in [4.69, 9.17) is 47.4 Å². The summed E-state index contributed by atoms with van der Waals surface area (Å²) in [4.78, 5) is 42.6. The Labute approximate surface area is 394 Å². The van der Waals surface area contributed by atoms with Gasteiger partial charge in [0.1, 0.15) is 23.6 Å². The molecule has 3 aliphatic carbocycles. The predicted octanol–water partition coefficient (Wildman–Crippen LogP) is 2.71. The summed E-state index contributed by atoms with van der Waals surface area (Å²) >= 11 is 0. The Kier molecular flexibility index (Phi) is 14.0. The van der Waals surface area contributed by atoms with Crippen LogP contribution in [0.4, 0.5) is 0 Å². The number of carbonyl (C=O) groups excluding carboxylic acids is 3. The number of allylic oxidation sites excluding steroid dienone is 2. The number of aromatic hydroxyl groups is 1. The Balaban J connectivity index is 0.808. The Morgan fingerprint density at radius 1 is 0.618 bits per heavy atom. The molecular formula is C49H66O19. The number of carbonyl (C=O) groups is 3. The zero-order valence-corrected chi connectivity index (χ0v) is 39.3. The van der Waals surface area contributed by atoms with Crippen molar-refractivity contribution in [2.75, 3.05) is 0 Å². The highest BCUT2D eigenvalue weighted by Gasteiger charge is 2.69. The van der Waals surface area contributed by atoms with Gasteiger partial charge in [-0.2, -0.15) is 0 Å². The van der Waals surface area contributed by atoms with Gasteiger partial charge in [-0.3, -0.25) is 14.4 Å². The van der Waals surface area contributed by atoms with E-state index < -0.39 is 145 Å². The summed E-state index contributed by atoms with van der Waals surface area (Å²) in [6.07, 6.45) is -6.81. The van der Waals surface area contributed by atoms with Crippen LogP contribution in [-0.4, -0.2) is 169 Å². The molecule has 9 rings (SSSR count). The van der Waals surface area contributed by atoms with E-state index in [1.54, 1.807) is 27.7 Å². The molecule has 19 heteroatoms. The highest BCUT2D eigenvalue weighted by molar-refractivity contribution is 6.31. The quantitative estimate of drug-likeness (QED) is 0.197. The largest absolute Gasteiger partial charge is 0.507 e. The van der Waals surface area contributed by atoms with E-state index in [0.717, 1.165) is 0 Å². The first kappa shape index (κ1) is 49.9. The number of phenols is 1. The van der Waals surface area contributed by atoms with Crippen LogP contribution < -0.4 is 0 Å². The first-order chi connectivity index (χ1) is 32.2. The fraction of sp³-hybridized carbons (Fsp3) is 0.735. The van der Waals surface area contributed by atoms with Crippen molar-refractivity contribution in [1.29, 1.82) is 0 Å². The summed E-state index contributed by atoms with van der Waals surface area (Å²) in [7, 11) is 0. The first-order valence-electron chi connectivity index (χ1n) is 24.1. The Hall–Kier alpha value is -3.09. The molecule has 68 heavy (non-hydrogen) atoms. The van der Waals surface area contributed by atoms with E-state index in [2.05, 4.69) is 0 Å². The number of benzene rings is 1. The number of rotatable bonds is 10. The molecule has 5 saturated heterocycles. The van der Waals surface area contributed by atoms with Crippen molar-refractivity contribution in [2.24, 2.45) is 0 Å². The normalized spacial score (nSPS) is 46.5. The van der Waals surface area contributed by atoms with Gasteiger partial charge >= 0.3 is 0 Å². The SMILES string of the molecule is CC1OC(OC2CC(OC3CCC(OC4CC(OC5CCC(OC67C(=O)CC(C)(O)CC6(O)C=CC6=C7C(=O)c7cccc(O)c7C6=O)OC5C)OC(C)C4O)OC3C)OC(C)C2O)CCC1O. The molecule has 1 aromatic rings. The van der Waals surface area contributed by atoms with E-state index in [1.165, 1.54) is 37.3 Å². The summed E-state index contributed by atoms with van der Waals surface area (Å²) < 4.78 is 62.5. The molecule has 0 bridgehead atoms. The molecule has 376 valence electrons. The number of ketones is 3. The molecule has 20 unspecified atom stereocenters. The topological polar surface area (TPSA) is 265 Å². The summed E-state index contributed by atoms with van der Waals surface area (Å²) in [6.45, 7) is 10.3. The van der Waals surface area contributed by atoms with Crippen LogP contribution in [0.5, 0.6) is 5.75 Å². The smallest absolute Gasteiger partial charge is 0.198 e. The molecule has 1 aromatic carbocycles. The summed E-state index contributed by atoms with van der Waals surface area (Å²) in [5.74, 6) is -2.70. The minimum Gasteiger partial charge on any atom is -0.507 e. The monoisotopic (exact) mass is 958 g/mol. The molecular weight excluding hydrogens is 893 g/mol. The van der Waals surface area contributed by atoms with Crippen molar-refractivity contribution in [3.05, 3.63) is 52.6 Å². The van der Waals surface area contributed by atoms with Crippen LogP contribution in [0.25, 0.3) is 0 Å². The number of hydrogen-bond acceptors (Lipinski definition) is 19. The maximum atomic E-state index is 14.4. The van der Waals surface area contributed by atoms with E-state index in [9.17, 15) is 45.0 Å². The van der Waals surface area contributed by atoms with Crippen molar-refractivity contribution in [3.63, 3.8) is 0 Å². The number of hydrogen-bond donors (Lipinski definition) is 6. The third kappa shape index (κ3) is 9.31. The van der Waals surface area contributed by atoms with Crippen molar-refractivity contribution < 1.29 is 92.4 Å². The molecule has 0 aromatic heterocycles. The zero-order chi connectivity index (χ0) is 48.6. The summed E-state index contributed by atoms with van der Waals surface area (Å²) in [6, 6.07) is 4.05. The van der Waals surface area contributed by atoms with E-state index in [1.807, 2.05) is 6.92 Å². The fourth-order valence-corrected chi connectivity index (χ4v) is 11.3. The molecule has 5 aliphatic heterocycles. The molecule has 0 radical (unpaired) electrons. The van der Waals surface area contributed by atoms with Crippen molar-refractivity contribution in [1.82, 2.24) is 0 Å². The van der Waals surface area contributed by atoms with Crippen molar-refractivity contribution in [2.45, 2.75) is 227 Å². The minimum absolute atomic E-state index is 0.127. The van der Waals surface area contributed by atoms with E-state index >= 15 is 0 Å². The molecule has 6 N–H and O–H groups in total. The lowest BCUT2D eigenvalue weighted by Gasteiger charge is -2.55. The van der Waals surface area contributed by atoms with Gasteiger partial charge in [0.05, 0.1) is 77.8 Å². The highest BCUT2D eigenvalue weighted by Crippen LogP contribution is 2.54. The number of phenolic OH excluding ortho intramolecular Hbond substituents is 1. The number of Topliss-reactive ketones (excluding diaryl/α,β-unsaturated/α-hetero) is 3. The van der Waals surface area contributed by atoms with Crippen molar-refractivity contribution >= 4 is 17.3 Å². The second-order valence-electron chi connectivity index (χ2n) is 20.3. The number of ether oxygens (including phenoxy) is 10. The second-order valence-corrected chi connectivity index (χ2v) is 20.3. The average Bonchev–Trinajstić information content (AvgIpc) is 3.26. The van der Waals surface area contributed by atoms with Crippen LogP contribution in [0, 0.1) is 0 Å². The van der Waals surface area contributed by atoms with Gasteiger partial charge in [0.25, 0.3) is 0 Å². The standard InChI is InChI=1S/C49H66O19/c1-22-29(50)10-13-36(59-22)66-33-18-39(62-25(4)43(33)53)64-31-11-14-37(60-23(31)2)67-34-19-40(63-26(5)44(34)54)65-32-12-15-38(61-24(32)3)68-49-35(52)20-47(6,57)21-48(49,58)17-16-28-42(49)46(56)27-8-7-9-30(51)41(27)45(28)55/h7-9,16-17,22-26,29,31-34,36-40,43-44,50-51,53-54,57-58H,10-15,18-21H2,1-6H3. The van der Waals surface area contributed by atoms with Gasteiger partial charge in [-0.1, -0.05) is 18.2 Å². The highest BCUT2D eigenvalue weighted by atomic mass is 16.7. The fourth-order valence-electron chi connectivity index (χ4n) is 11.3. The molecule has 1 saturated carbocycles. The van der Waals surface area contributed by atoms with Gasteiger partial charge in [0.15, 0.2) is 54.4 Å². The van der Waals surface area contributed by atoms with Crippen molar-refractivity contribution in [3.8, 4) is 5.75 Å². The second kappa shape index (κ2) is 19.2. The molecule has 20 atom stereocenters. The molecule has 0 spiro atoms. The number of aliphatic hydroxyl groups excluding tert-OH is 3. The third-order valence-electron chi connectivity index (χ3n) is 15.0. The third-order valence-corrected chi connectivity index (χ3v) is 15.0. The first-order valence-corrected chi connectivity index (χ1v) is 24.1. The number of aliphatic hydroxyl groups is 5. The molecule has 8 aliphatic rings. The van der Waals surface area contributed by atoms with Gasteiger partial charge in [-0.25, -0.2) is 0 Å². The maximum absolute atomic E-state index is 14.4. The minimum atomic E-state index is -2.43. The van der Waals surface area contributed by atoms with E-state index in [-0.39, 0.29) is 53.7 Å². The van der Waals surface area contributed by atoms with Crippen LogP contribution in [0.3, 0.4) is 0 Å².